The molecule has 2 fully saturated rings. The molecule has 0 aromatic carbocycles. The Hall–Kier alpha value is -1.76. The summed E-state index contributed by atoms with van der Waals surface area (Å²) in [5.74, 6) is 0.101. The topological polar surface area (TPSA) is 51.7 Å². The second-order valence-corrected chi connectivity index (χ2v) is 7.78. The van der Waals surface area contributed by atoms with Crippen LogP contribution in [0, 0.1) is 6.92 Å². The van der Waals surface area contributed by atoms with E-state index in [0.717, 1.165) is 29.5 Å². The van der Waals surface area contributed by atoms with Crippen molar-refractivity contribution in [3.63, 3.8) is 0 Å². The van der Waals surface area contributed by atoms with Gasteiger partial charge in [0.2, 0.25) is 0 Å². The van der Waals surface area contributed by atoms with Gasteiger partial charge in [-0.2, -0.15) is 11.3 Å². The molecule has 0 radical (unpaired) electrons. The summed E-state index contributed by atoms with van der Waals surface area (Å²) in [6.45, 7) is 4.62. The second kappa shape index (κ2) is 6.86. The molecule has 0 aliphatic carbocycles. The number of carbonyl (C=O) groups excluding carboxylic acids is 1. The van der Waals surface area contributed by atoms with E-state index >= 15 is 0 Å². The Kier molecular flexibility index (Phi) is 4.58. The average Bonchev–Trinajstić information content (AvgIpc) is 3.12. The van der Waals surface area contributed by atoms with Gasteiger partial charge in [0, 0.05) is 30.8 Å². The molecule has 25 heavy (non-hydrogen) atoms. The molecular weight excluding hydrogens is 336 g/mol. The molecule has 0 saturated carbocycles. The number of thiophene rings is 1. The number of rotatable bonds is 4. The van der Waals surface area contributed by atoms with E-state index in [2.05, 4.69) is 11.1 Å². The van der Waals surface area contributed by atoms with Crippen LogP contribution in [0.4, 0.5) is 0 Å². The van der Waals surface area contributed by atoms with Gasteiger partial charge in [-0.25, -0.2) is 0 Å². The van der Waals surface area contributed by atoms with Crippen molar-refractivity contribution >= 4 is 17.2 Å². The summed E-state index contributed by atoms with van der Waals surface area (Å²) in [5, 5.41) is 3.83. The van der Waals surface area contributed by atoms with Crippen LogP contribution in [0.2, 0.25) is 0 Å². The van der Waals surface area contributed by atoms with Crippen molar-refractivity contribution < 1.29 is 14.3 Å². The minimum atomic E-state index is -0.223. The molecule has 0 N–H and O–H groups in total. The van der Waals surface area contributed by atoms with Crippen LogP contribution >= 0.6 is 11.3 Å². The van der Waals surface area contributed by atoms with Crippen LogP contribution in [-0.4, -0.2) is 47.2 Å². The molecule has 0 bridgehead atoms. The van der Waals surface area contributed by atoms with Crippen LogP contribution in [0.5, 0.6) is 0 Å². The van der Waals surface area contributed by atoms with Crippen molar-refractivity contribution in [1.29, 1.82) is 0 Å². The highest BCUT2D eigenvalue weighted by atomic mass is 32.1. The van der Waals surface area contributed by atoms with Gasteiger partial charge in [0.15, 0.2) is 0 Å². The molecule has 2 aromatic rings. The van der Waals surface area contributed by atoms with Crippen LogP contribution < -0.4 is 0 Å². The number of aryl methyl sites for hydroxylation is 1. The lowest BCUT2D eigenvalue weighted by Gasteiger charge is -2.52. The largest absolute Gasteiger partial charge is 0.373 e. The highest BCUT2D eigenvalue weighted by Crippen LogP contribution is 2.36. The van der Waals surface area contributed by atoms with Gasteiger partial charge in [-0.3, -0.25) is 9.78 Å². The minimum Gasteiger partial charge on any atom is -0.373 e. The molecule has 5 nitrogen and oxygen atoms in total. The van der Waals surface area contributed by atoms with Gasteiger partial charge in [0.25, 0.3) is 5.91 Å². The van der Waals surface area contributed by atoms with Gasteiger partial charge < -0.3 is 14.4 Å². The molecule has 6 heteroatoms. The minimum absolute atomic E-state index is 0.101. The van der Waals surface area contributed by atoms with Gasteiger partial charge in [0.05, 0.1) is 31.4 Å². The smallest absolute Gasteiger partial charge is 0.254 e. The second-order valence-electron chi connectivity index (χ2n) is 7.00. The number of likely N-dealkylation sites (tertiary alicyclic amines) is 1. The third kappa shape index (κ3) is 3.61. The first-order chi connectivity index (χ1) is 12.1. The highest BCUT2D eigenvalue weighted by molar-refractivity contribution is 7.08. The molecule has 2 aliphatic rings. The lowest BCUT2D eigenvalue weighted by atomic mass is 9.84. The molecule has 1 spiro atoms. The Morgan fingerprint density at radius 2 is 2.36 bits per heavy atom. The standard InChI is InChI=1S/C19H22N2O3S/c1-14-6-15(9-20-8-14)10-23-17-2-4-24-19(7-17)12-21(13-19)18(22)16-3-5-25-11-16/h3,5-6,8-9,11,17H,2,4,7,10,12-13H2,1H3/t17-/m0/s1. The summed E-state index contributed by atoms with van der Waals surface area (Å²) < 4.78 is 12.1. The summed E-state index contributed by atoms with van der Waals surface area (Å²) in [6.07, 6.45) is 5.62. The number of carbonyl (C=O) groups is 1. The predicted octanol–water partition coefficient (Wildman–Crippen LogP) is 3.04. The van der Waals surface area contributed by atoms with Crippen LogP contribution in [-0.2, 0) is 16.1 Å². The molecule has 2 aromatic heterocycles. The lowest BCUT2D eigenvalue weighted by molar-refractivity contribution is -0.188. The first kappa shape index (κ1) is 16.7. The number of pyridine rings is 1. The summed E-state index contributed by atoms with van der Waals surface area (Å²) in [5.41, 5.74) is 2.80. The molecule has 1 atom stereocenters. The Morgan fingerprint density at radius 1 is 1.48 bits per heavy atom. The summed E-state index contributed by atoms with van der Waals surface area (Å²) in [4.78, 5) is 18.5. The lowest BCUT2D eigenvalue weighted by Crippen LogP contribution is -2.67. The zero-order chi connectivity index (χ0) is 17.3. The van der Waals surface area contributed by atoms with Gasteiger partial charge >= 0.3 is 0 Å². The van der Waals surface area contributed by atoms with E-state index < -0.39 is 0 Å². The maximum absolute atomic E-state index is 12.4. The van der Waals surface area contributed by atoms with Gasteiger partial charge in [0.1, 0.15) is 5.60 Å². The van der Waals surface area contributed by atoms with E-state index in [0.29, 0.717) is 26.3 Å². The Morgan fingerprint density at radius 3 is 3.12 bits per heavy atom. The Labute approximate surface area is 151 Å². The van der Waals surface area contributed by atoms with E-state index in [-0.39, 0.29) is 17.6 Å². The third-order valence-electron chi connectivity index (χ3n) is 4.88. The van der Waals surface area contributed by atoms with Crippen molar-refractivity contribution in [2.75, 3.05) is 19.7 Å². The number of ether oxygens (including phenoxy) is 2. The van der Waals surface area contributed by atoms with E-state index in [1.807, 2.05) is 41.0 Å². The highest BCUT2D eigenvalue weighted by Gasteiger charge is 2.49. The van der Waals surface area contributed by atoms with E-state index in [4.69, 9.17) is 9.47 Å². The number of hydrogen-bond acceptors (Lipinski definition) is 5. The van der Waals surface area contributed by atoms with E-state index in [9.17, 15) is 4.79 Å². The van der Waals surface area contributed by atoms with Gasteiger partial charge in [-0.1, -0.05) is 6.07 Å². The first-order valence-corrected chi connectivity index (χ1v) is 9.55. The summed E-state index contributed by atoms with van der Waals surface area (Å²) >= 11 is 1.55. The average molecular weight is 358 g/mol. The van der Waals surface area contributed by atoms with Crippen molar-refractivity contribution in [2.45, 2.75) is 38.1 Å². The zero-order valence-electron chi connectivity index (χ0n) is 14.3. The predicted molar refractivity (Wildman–Crippen MR) is 95.7 cm³/mol. The molecule has 4 rings (SSSR count). The molecule has 2 aliphatic heterocycles. The number of hydrogen-bond donors (Lipinski definition) is 0. The van der Waals surface area contributed by atoms with Crippen molar-refractivity contribution in [1.82, 2.24) is 9.88 Å². The number of amides is 1. The molecule has 1 amide bonds. The Bertz CT molecular complexity index is 741. The number of nitrogens with zero attached hydrogens (tertiary/aromatic N) is 2. The fourth-order valence-electron chi connectivity index (χ4n) is 3.62. The third-order valence-corrected chi connectivity index (χ3v) is 5.56. The fraction of sp³-hybridized carbons (Fsp3) is 0.474. The maximum Gasteiger partial charge on any atom is 0.254 e. The fourth-order valence-corrected chi connectivity index (χ4v) is 4.25. The molecule has 4 heterocycles. The van der Waals surface area contributed by atoms with Crippen molar-refractivity contribution in [3.05, 3.63) is 52.0 Å². The van der Waals surface area contributed by atoms with Crippen molar-refractivity contribution in [2.24, 2.45) is 0 Å². The van der Waals surface area contributed by atoms with E-state index in [1.165, 1.54) is 0 Å². The molecule has 2 saturated heterocycles. The van der Waals surface area contributed by atoms with Crippen LogP contribution in [0.3, 0.4) is 0 Å². The normalized spacial score (nSPS) is 22.0. The van der Waals surface area contributed by atoms with Gasteiger partial charge in [-0.05, 0) is 35.9 Å². The quantitative estimate of drug-likeness (QED) is 0.843. The van der Waals surface area contributed by atoms with Crippen LogP contribution in [0.1, 0.15) is 34.3 Å². The van der Waals surface area contributed by atoms with Crippen LogP contribution in [0.25, 0.3) is 0 Å². The monoisotopic (exact) mass is 358 g/mol. The van der Waals surface area contributed by atoms with Gasteiger partial charge in [-0.15, -0.1) is 0 Å². The SMILES string of the molecule is Cc1cncc(CO[C@H]2CCOC3(C2)CN(C(=O)c2ccsc2)C3)c1. The van der Waals surface area contributed by atoms with Crippen molar-refractivity contribution in [3.8, 4) is 0 Å². The summed E-state index contributed by atoms with van der Waals surface area (Å²) in [6, 6.07) is 3.98. The first-order valence-electron chi connectivity index (χ1n) is 8.61. The molecule has 0 unspecified atom stereocenters. The van der Waals surface area contributed by atoms with Crippen LogP contribution in [0.15, 0.2) is 35.3 Å². The Balaban J connectivity index is 1.31. The molecule has 132 valence electrons. The number of aromatic nitrogens is 1. The van der Waals surface area contributed by atoms with E-state index in [1.54, 1.807) is 11.3 Å². The zero-order valence-corrected chi connectivity index (χ0v) is 15.1. The maximum atomic E-state index is 12.4. The summed E-state index contributed by atoms with van der Waals surface area (Å²) in [7, 11) is 0. The molecular formula is C19H22N2O3S.